The summed E-state index contributed by atoms with van der Waals surface area (Å²) in [4.78, 5) is 0.582. The fraction of sp³-hybridized carbons (Fsp3) is 0.571. The zero-order valence-corrected chi connectivity index (χ0v) is 12.2. The Balaban J connectivity index is 2.74. The highest BCUT2D eigenvalue weighted by atomic mass is 79.9. The van der Waals surface area contributed by atoms with Gasteiger partial charge in [-0.3, -0.25) is 0 Å². The first kappa shape index (κ1) is 13.6. The van der Waals surface area contributed by atoms with Gasteiger partial charge < -0.3 is 4.74 Å². The van der Waals surface area contributed by atoms with Gasteiger partial charge in [-0.2, -0.15) is 0 Å². The molecule has 2 atom stereocenters. The Labute approximate surface area is 107 Å². The first-order valence-electron chi connectivity index (χ1n) is 5.80. The minimum absolute atomic E-state index is 0.582. The van der Waals surface area contributed by atoms with Gasteiger partial charge in [-0.1, -0.05) is 47.5 Å². The predicted molar refractivity (Wildman–Crippen MR) is 73.6 cm³/mol. The molecule has 0 aliphatic carbocycles. The van der Waals surface area contributed by atoms with Crippen LogP contribution in [-0.4, -0.2) is 11.9 Å². The maximum Gasteiger partial charge on any atom is 0.122 e. The Bertz CT molecular complexity index is 334. The molecule has 0 aliphatic heterocycles. The van der Waals surface area contributed by atoms with Crippen LogP contribution in [-0.2, 0) is 6.42 Å². The largest absolute Gasteiger partial charge is 0.496 e. The van der Waals surface area contributed by atoms with Crippen LogP contribution in [0.15, 0.2) is 18.2 Å². The molecule has 2 unspecified atom stereocenters. The van der Waals surface area contributed by atoms with Gasteiger partial charge in [-0.05, 0) is 37.3 Å². The number of alkyl halides is 1. The molecule has 1 rings (SSSR count). The van der Waals surface area contributed by atoms with Gasteiger partial charge in [0.05, 0.1) is 7.11 Å². The summed E-state index contributed by atoms with van der Waals surface area (Å²) in [6.45, 7) is 6.62. The number of ether oxygens (including phenoxy) is 1. The van der Waals surface area contributed by atoms with Crippen molar-refractivity contribution in [3.05, 3.63) is 29.3 Å². The first-order valence-corrected chi connectivity index (χ1v) is 6.72. The molecule has 0 spiro atoms. The van der Waals surface area contributed by atoms with E-state index in [1.54, 1.807) is 7.11 Å². The van der Waals surface area contributed by atoms with Crippen LogP contribution in [0.5, 0.6) is 5.75 Å². The number of rotatable bonds is 5. The monoisotopic (exact) mass is 284 g/mol. The highest BCUT2D eigenvalue weighted by Crippen LogP contribution is 2.25. The summed E-state index contributed by atoms with van der Waals surface area (Å²) in [5.41, 5.74) is 2.62. The lowest BCUT2D eigenvalue weighted by atomic mass is 9.95. The normalized spacial score (nSPS) is 14.6. The van der Waals surface area contributed by atoms with E-state index in [4.69, 9.17) is 4.74 Å². The van der Waals surface area contributed by atoms with E-state index in [9.17, 15) is 0 Å². The highest BCUT2D eigenvalue weighted by molar-refractivity contribution is 9.09. The third kappa shape index (κ3) is 4.17. The van der Waals surface area contributed by atoms with Crippen LogP contribution in [0.4, 0.5) is 0 Å². The Kier molecular flexibility index (Phi) is 5.33. The topological polar surface area (TPSA) is 9.23 Å². The van der Waals surface area contributed by atoms with Crippen LogP contribution >= 0.6 is 15.9 Å². The van der Waals surface area contributed by atoms with Crippen molar-refractivity contribution in [1.29, 1.82) is 0 Å². The maximum absolute atomic E-state index is 5.39. The molecular formula is C14H21BrO. The van der Waals surface area contributed by atoms with Crippen LogP contribution in [0.25, 0.3) is 0 Å². The summed E-state index contributed by atoms with van der Waals surface area (Å²) < 4.78 is 5.39. The van der Waals surface area contributed by atoms with Crippen LogP contribution in [0, 0.1) is 12.8 Å². The molecule has 0 aliphatic rings. The Morgan fingerprint density at radius 1 is 1.31 bits per heavy atom. The third-order valence-corrected chi connectivity index (χ3v) is 3.11. The number of hydrogen-bond acceptors (Lipinski definition) is 1. The molecule has 0 heterocycles. The SMILES string of the molecule is COc1ccc(C)cc1CC(C)CC(C)Br. The molecule has 0 radical (unpaired) electrons. The lowest BCUT2D eigenvalue weighted by Crippen LogP contribution is -2.06. The van der Waals surface area contributed by atoms with E-state index in [0.29, 0.717) is 10.7 Å². The molecule has 1 nitrogen and oxygen atoms in total. The lowest BCUT2D eigenvalue weighted by molar-refractivity contribution is 0.404. The highest BCUT2D eigenvalue weighted by Gasteiger charge is 2.10. The number of halogens is 1. The summed E-state index contributed by atoms with van der Waals surface area (Å²) in [6.07, 6.45) is 2.28. The average Bonchev–Trinajstić information content (AvgIpc) is 2.16. The molecule has 0 aromatic heterocycles. The van der Waals surface area contributed by atoms with Crippen molar-refractivity contribution in [3.8, 4) is 5.75 Å². The molecule has 2 heteroatoms. The molecule has 0 amide bonds. The molecular weight excluding hydrogens is 264 g/mol. The van der Waals surface area contributed by atoms with Crippen molar-refractivity contribution in [3.63, 3.8) is 0 Å². The van der Waals surface area contributed by atoms with Crippen LogP contribution in [0.2, 0.25) is 0 Å². The van der Waals surface area contributed by atoms with Gasteiger partial charge in [-0.15, -0.1) is 0 Å². The second-order valence-corrected chi connectivity index (χ2v) is 6.20. The molecule has 1 aromatic rings. The smallest absolute Gasteiger partial charge is 0.122 e. The number of aryl methyl sites for hydroxylation is 1. The molecule has 90 valence electrons. The molecule has 1 aromatic carbocycles. The van der Waals surface area contributed by atoms with Crippen molar-refractivity contribution in [2.24, 2.45) is 5.92 Å². The summed E-state index contributed by atoms with van der Waals surface area (Å²) in [7, 11) is 1.74. The lowest BCUT2D eigenvalue weighted by Gasteiger charge is -2.15. The van der Waals surface area contributed by atoms with Gasteiger partial charge in [0.25, 0.3) is 0 Å². The Morgan fingerprint density at radius 2 is 2.00 bits per heavy atom. The van der Waals surface area contributed by atoms with Gasteiger partial charge in [0.2, 0.25) is 0 Å². The Hall–Kier alpha value is -0.500. The van der Waals surface area contributed by atoms with E-state index >= 15 is 0 Å². The van der Waals surface area contributed by atoms with Crippen LogP contribution < -0.4 is 4.74 Å². The van der Waals surface area contributed by atoms with Crippen molar-refractivity contribution in [2.75, 3.05) is 7.11 Å². The van der Waals surface area contributed by atoms with Crippen molar-refractivity contribution in [2.45, 2.75) is 38.4 Å². The number of hydrogen-bond donors (Lipinski definition) is 0. The second kappa shape index (κ2) is 6.29. The zero-order valence-electron chi connectivity index (χ0n) is 10.6. The third-order valence-electron chi connectivity index (χ3n) is 2.73. The zero-order chi connectivity index (χ0) is 12.1. The fourth-order valence-corrected chi connectivity index (χ4v) is 2.72. The molecule has 0 saturated carbocycles. The van der Waals surface area contributed by atoms with Crippen LogP contribution in [0.3, 0.4) is 0 Å². The minimum atomic E-state index is 0.582. The van der Waals surface area contributed by atoms with Crippen molar-refractivity contribution < 1.29 is 4.74 Å². The van der Waals surface area contributed by atoms with Gasteiger partial charge >= 0.3 is 0 Å². The van der Waals surface area contributed by atoms with E-state index in [1.807, 2.05) is 0 Å². The predicted octanol–water partition coefficient (Wildman–Crippen LogP) is 4.36. The van der Waals surface area contributed by atoms with Gasteiger partial charge in [0.15, 0.2) is 0 Å². The molecule has 0 saturated heterocycles. The standard InChI is InChI=1S/C14H21BrO/c1-10-5-6-14(16-4)13(8-10)9-11(2)7-12(3)15/h5-6,8,11-12H,7,9H2,1-4H3. The van der Waals surface area contributed by atoms with E-state index in [1.165, 1.54) is 17.5 Å². The summed E-state index contributed by atoms with van der Waals surface area (Å²) in [6, 6.07) is 6.39. The maximum atomic E-state index is 5.39. The van der Waals surface area contributed by atoms with Gasteiger partial charge in [0.1, 0.15) is 5.75 Å². The van der Waals surface area contributed by atoms with E-state index in [-0.39, 0.29) is 0 Å². The van der Waals surface area contributed by atoms with E-state index in [0.717, 1.165) is 12.2 Å². The summed E-state index contributed by atoms with van der Waals surface area (Å²) in [5, 5.41) is 0. The second-order valence-electron chi connectivity index (χ2n) is 4.64. The molecule has 0 bridgehead atoms. The minimum Gasteiger partial charge on any atom is -0.496 e. The molecule has 16 heavy (non-hydrogen) atoms. The fourth-order valence-electron chi connectivity index (χ4n) is 2.08. The van der Waals surface area contributed by atoms with E-state index in [2.05, 4.69) is 54.9 Å². The number of methoxy groups -OCH3 is 1. The van der Waals surface area contributed by atoms with Crippen molar-refractivity contribution >= 4 is 15.9 Å². The summed E-state index contributed by atoms with van der Waals surface area (Å²) in [5.74, 6) is 1.68. The summed E-state index contributed by atoms with van der Waals surface area (Å²) >= 11 is 3.61. The molecule has 0 N–H and O–H groups in total. The quantitative estimate of drug-likeness (QED) is 0.730. The first-order chi connectivity index (χ1) is 7.52. The molecule has 0 fully saturated rings. The average molecular weight is 285 g/mol. The van der Waals surface area contributed by atoms with Crippen LogP contribution in [0.1, 0.15) is 31.4 Å². The van der Waals surface area contributed by atoms with Gasteiger partial charge in [-0.25, -0.2) is 0 Å². The van der Waals surface area contributed by atoms with E-state index < -0.39 is 0 Å². The Morgan fingerprint density at radius 3 is 2.56 bits per heavy atom. The van der Waals surface area contributed by atoms with Gasteiger partial charge in [0, 0.05) is 4.83 Å². The number of benzene rings is 1. The van der Waals surface area contributed by atoms with Crippen molar-refractivity contribution in [1.82, 2.24) is 0 Å².